The standard InChI is InChI=1S/C17H16N2O3S/c1-3-9-19-16(21)13(15(20)18-17(19)23)11-12-7-5-6-8-14(12)22-10-4-2/h3-8,11H,1-2,9-10H2,(H,18,20,23)/b13-11+. The van der Waals surface area contributed by atoms with Gasteiger partial charge in [-0.15, -0.1) is 6.58 Å². The van der Waals surface area contributed by atoms with Gasteiger partial charge in [0.15, 0.2) is 5.11 Å². The van der Waals surface area contributed by atoms with E-state index in [9.17, 15) is 9.59 Å². The Labute approximate surface area is 139 Å². The maximum atomic E-state index is 12.5. The molecule has 2 amide bonds. The van der Waals surface area contributed by atoms with Crippen LogP contribution in [0.1, 0.15) is 5.56 Å². The Bertz CT molecular complexity index is 710. The van der Waals surface area contributed by atoms with Crippen LogP contribution < -0.4 is 10.1 Å². The summed E-state index contributed by atoms with van der Waals surface area (Å²) < 4.78 is 5.53. The van der Waals surface area contributed by atoms with Crippen molar-refractivity contribution in [3.05, 3.63) is 60.7 Å². The number of carbonyl (C=O) groups is 2. The minimum Gasteiger partial charge on any atom is -0.489 e. The molecule has 1 N–H and O–H groups in total. The highest BCUT2D eigenvalue weighted by molar-refractivity contribution is 7.80. The minimum atomic E-state index is -0.529. The van der Waals surface area contributed by atoms with E-state index in [0.29, 0.717) is 17.9 Å². The van der Waals surface area contributed by atoms with Gasteiger partial charge in [-0.1, -0.05) is 36.9 Å². The van der Waals surface area contributed by atoms with Crippen molar-refractivity contribution in [2.45, 2.75) is 0 Å². The first-order valence-electron chi connectivity index (χ1n) is 6.91. The maximum absolute atomic E-state index is 12.5. The molecular weight excluding hydrogens is 312 g/mol. The maximum Gasteiger partial charge on any atom is 0.265 e. The largest absolute Gasteiger partial charge is 0.489 e. The summed E-state index contributed by atoms with van der Waals surface area (Å²) in [4.78, 5) is 25.8. The van der Waals surface area contributed by atoms with Crippen LogP contribution in [0, 0.1) is 0 Å². The van der Waals surface area contributed by atoms with Gasteiger partial charge in [0.05, 0.1) is 0 Å². The second-order valence-electron chi connectivity index (χ2n) is 4.66. The molecule has 1 aromatic rings. The number of amides is 2. The lowest BCUT2D eigenvalue weighted by molar-refractivity contribution is -0.128. The Morgan fingerprint density at radius 2 is 1.96 bits per heavy atom. The van der Waals surface area contributed by atoms with E-state index in [1.54, 1.807) is 30.4 Å². The van der Waals surface area contributed by atoms with Crippen molar-refractivity contribution >= 4 is 35.2 Å². The van der Waals surface area contributed by atoms with Gasteiger partial charge >= 0.3 is 0 Å². The number of ether oxygens (including phenoxy) is 1. The van der Waals surface area contributed by atoms with Crippen LogP contribution in [0.2, 0.25) is 0 Å². The highest BCUT2D eigenvalue weighted by Crippen LogP contribution is 2.23. The monoisotopic (exact) mass is 328 g/mol. The fourth-order valence-electron chi connectivity index (χ4n) is 2.02. The third-order valence-electron chi connectivity index (χ3n) is 3.07. The lowest BCUT2D eigenvalue weighted by Crippen LogP contribution is -2.53. The smallest absolute Gasteiger partial charge is 0.265 e. The predicted molar refractivity (Wildman–Crippen MR) is 92.8 cm³/mol. The van der Waals surface area contributed by atoms with Crippen molar-refractivity contribution in [1.29, 1.82) is 0 Å². The molecule has 1 saturated heterocycles. The summed E-state index contributed by atoms with van der Waals surface area (Å²) in [6, 6.07) is 7.12. The molecule has 0 radical (unpaired) electrons. The number of rotatable bonds is 6. The summed E-state index contributed by atoms with van der Waals surface area (Å²) >= 11 is 5.01. The molecule has 6 heteroatoms. The van der Waals surface area contributed by atoms with Gasteiger partial charge in [0.2, 0.25) is 0 Å². The zero-order chi connectivity index (χ0) is 16.8. The van der Waals surface area contributed by atoms with Crippen LogP contribution in [-0.2, 0) is 9.59 Å². The first-order chi connectivity index (χ1) is 11.1. The fourth-order valence-corrected chi connectivity index (χ4v) is 2.27. The average Bonchev–Trinajstić information content (AvgIpc) is 2.54. The van der Waals surface area contributed by atoms with Crippen molar-refractivity contribution in [3.8, 4) is 5.75 Å². The molecule has 118 valence electrons. The molecular formula is C17H16N2O3S. The third kappa shape index (κ3) is 3.73. The number of para-hydroxylation sites is 1. The van der Waals surface area contributed by atoms with E-state index in [1.165, 1.54) is 11.0 Å². The van der Waals surface area contributed by atoms with E-state index in [-0.39, 0.29) is 17.2 Å². The van der Waals surface area contributed by atoms with E-state index in [0.717, 1.165) is 0 Å². The van der Waals surface area contributed by atoms with E-state index in [2.05, 4.69) is 18.5 Å². The number of benzene rings is 1. The van der Waals surface area contributed by atoms with Crippen LogP contribution in [0.5, 0.6) is 5.75 Å². The Morgan fingerprint density at radius 1 is 1.22 bits per heavy atom. The van der Waals surface area contributed by atoms with Gasteiger partial charge in [0, 0.05) is 12.1 Å². The summed E-state index contributed by atoms with van der Waals surface area (Å²) in [5.41, 5.74) is 0.620. The van der Waals surface area contributed by atoms with E-state index in [1.807, 2.05) is 6.07 Å². The van der Waals surface area contributed by atoms with Crippen LogP contribution in [0.4, 0.5) is 0 Å². The molecule has 0 aromatic heterocycles. The number of nitrogens with one attached hydrogen (secondary N) is 1. The van der Waals surface area contributed by atoms with Gasteiger partial charge < -0.3 is 4.74 Å². The van der Waals surface area contributed by atoms with Gasteiger partial charge in [0.1, 0.15) is 17.9 Å². The quantitative estimate of drug-likeness (QED) is 0.376. The lowest BCUT2D eigenvalue weighted by Gasteiger charge is -2.27. The number of hydrogen-bond donors (Lipinski definition) is 1. The molecule has 1 fully saturated rings. The van der Waals surface area contributed by atoms with Gasteiger partial charge in [0.25, 0.3) is 11.8 Å². The van der Waals surface area contributed by atoms with E-state index >= 15 is 0 Å². The summed E-state index contributed by atoms with van der Waals surface area (Å²) in [5.74, 6) is -0.431. The van der Waals surface area contributed by atoms with Crippen molar-refractivity contribution in [3.63, 3.8) is 0 Å². The van der Waals surface area contributed by atoms with Crippen molar-refractivity contribution < 1.29 is 14.3 Å². The van der Waals surface area contributed by atoms with E-state index < -0.39 is 11.8 Å². The van der Waals surface area contributed by atoms with Crippen LogP contribution in [0.25, 0.3) is 6.08 Å². The Kier molecular flexibility index (Phi) is 5.43. The first-order valence-corrected chi connectivity index (χ1v) is 7.31. The SMILES string of the molecule is C=CCOc1ccccc1/C=C1\C(=O)NC(=S)N(CC=C)C1=O. The lowest BCUT2D eigenvalue weighted by atomic mass is 10.1. The van der Waals surface area contributed by atoms with E-state index in [4.69, 9.17) is 17.0 Å². The Morgan fingerprint density at radius 3 is 2.65 bits per heavy atom. The van der Waals surface area contributed by atoms with Crippen LogP contribution in [0.15, 0.2) is 55.1 Å². The highest BCUT2D eigenvalue weighted by atomic mass is 32.1. The minimum absolute atomic E-state index is 0.00453. The number of carbonyl (C=O) groups excluding carboxylic acids is 2. The Balaban J connectivity index is 2.39. The van der Waals surface area contributed by atoms with Gasteiger partial charge in [-0.3, -0.25) is 19.8 Å². The first kappa shape index (κ1) is 16.6. The second-order valence-corrected chi connectivity index (χ2v) is 5.05. The van der Waals surface area contributed by atoms with Gasteiger partial charge in [-0.25, -0.2) is 0 Å². The zero-order valence-corrected chi connectivity index (χ0v) is 13.3. The molecule has 1 aromatic carbocycles. The molecule has 0 spiro atoms. The molecule has 1 aliphatic rings. The highest BCUT2D eigenvalue weighted by Gasteiger charge is 2.32. The molecule has 0 bridgehead atoms. The van der Waals surface area contributed by atoms with Crippen LogP contribution in [-0.4, -0.2) is 35.0 Å². The fraction of sp³-hybridized carbons (Fsp3) is 0.118. The summed E-state index contributed by atoms with van der Waals surface area (Å²) in [6.45, 7) is 7.73. The normalized spacial score (nSPS) is 16.3. The zero-order valence-electron chi connectivity index (χ0n) is 12.5. The van der Waals surface area contributed by atoms with Gasteiger partial charge in [-0.2, -0.15) is 0 Å². The molecule has 0 atom stereocenters. The molecule has 5 nitrogen and oxygen atoms in total. The summed E-state index contributed by atoms with van der Waals surface area (Å²) in [6.07, 6.45) is 4.65. The van der Waals surface area contributed by atoms with Crippen molar-refractivity contribution in [2.75, 3.05) is 13.2 Å². The molecule has 0 saturated carbocycles. The van der Waals surface area contributed by atoms with Crippen LogP contribution in [0.3, 0.4) is 0 Å². The predicted octanol–water partition coefficient (Wildman–Crippen LogP) is 2.06. The summed E-state index contributed by atoms with van der Waals surface area (Å²) in [7, 11) is 0. The second kappa shape index (κ2) is 7.51. The Hall–Kier alpha value is -2.73. The number of nitrogens with zero attached hydrogens (tertiary/aromatic N) is 1. The molecule has 0 unspecified atom stereocenters. The van der Waals surface area contributed by atoms with Crippen molar-refractivity contribution in [1.82, 2.24) is 10.2 Å². The third-order valence-corrected chi connectivity index (χ3v) is 3.40. The molecule has 2 rings (SSSR count). The van der Waals surface area contributed by atoms with Crippen molar-refractivity contribution in [2.24, 2.45) is 0 Å². The van der Waals surface area contributed by atoms with Crippen LogP contribution >= 0.6 is 12.2 Å². The molecule has 1 aliphatic heterocycles. The summed E-state index contributed by atoms with van der Waals surface area (Å²) in [5, 5.41) is 2.58. The topological polar surface area (TPSA) is 58.6 Å². The molecule has 1 heterocycles. The average molecular weight is 328 g/mol. The molecule has 23 heavy (non-hydrogen) atoms. The van der Waals surface area contributed by atoms with Gasteiger partial charge in [-0.05, 0) is 24.4 Å². The number of hydrogen-bond acceptors (Lipinski definition) is 4. The molecule has 0 aliphatic carbocycles. The number of thiocarbonyl (C=S) groups is 1.